The van der Waals surface area contributed by atoms with E-state index in [-0.39, 0.29) is 11.3 Å². The number of sulfonamides is 1. The Balaban J connectivity index is 2.17. The van der Waals surface area contributed by atoms with Gasteiger partial charge in [-0.25, -0.2) is 8.42 Å². The van der Waals surface area contributed by atoms with Gasteiger partial charge in [-0.1, -0.05) is 29.8 Å². The van der Waals surface area contributed by atoms with Gasteiger partial charge in [-0.15, -0.1) is 0 Å². The lowest BCUT2D eigenvalue weighted by atomic mass is 10.1. The number of carbonyl (C=O) groups is 1. The van der Waals surface area contributed by atoms with Gasteiger partial charge in [-0.05, 0) is 55.2 Å². The fourth-order valence-corrected chi connectivity index (χ4v) is 3.41. The molecule has 2 aromatic rings. The molecule has 0 aliphatic carbocycles. The highest BCUT2D eigenvalue weighted by Crippen LogP contribution is 2.25. The highest BCUT2D eigenvalue weighted by atomic mass is 35.5. The van der Waals surface area contributed by atoms with Crippen LogP contribution in [0.5, 0.6) is 0 Å². The fourth-order valence-electron chi connectivity index (χ4n) is 1.99. The zero-order valence-corrected chi connectivity index (χ0v) is 13.9. The maximum atomic E-state index is 12.3. The number of hydrogen-bond donors (Lipinski definition) is 1. The zero-order chi connectivity index (χ0) is 17.0. The van der Waals surface area contributed by atoms with Gasteiger partial charge < -0.3 is 9.90 Å². The lowest BCUT2D eigenvalue weighted by Gasteiger charge is -2.11. The van der Waals surface area contributed by atoms with Gasteiger partial charge >= 0.3 is 0 Å². The number of benzene rings is 2. The summed E-state index contributed by atoms with van der Waals surface area (Å²) in [6.07, 6.45) is 0.184. The van der Waals surface area contributed by atoms with Gasteiger partial charge in [0.05, 0.1) is 15.6 Å². The van der Waals surface area contributed by atoms with Crippen molar-refractivity contribution >= 4 is 33.3 Å². The molecule has 0 atom stereocenters. The molecule has 0 spiro atoms. The number of rotatable bonds is 6. The molecule has 0 saturated heterocycles. The minimum atomic E-state index is -3.76. The van der Waals surface area contributed by atoms with Gasteiger partial charge in [0.2, 0.25) is 0 Å². The smallest absolute Gasteiger partial charge is 0.261 e. The molecule has 0 aromatic heterocycles. The van der Waals surface area contributed by atoms with E-state index in [0.717, 1.165) is 11.1 Å². The number of nitrogens with one attached hydrogen (secondary N) is 1. The molecule has 5 nitrogen and oxygen atoms in total. The lowest BCUT2D eigenvalue weighted by molar-refractivity contribution is -0.305. The number of carbonyl (C=O) groups excluding carboxylic acids is 1. The molecule has 2 rings (SSSR count). The Kier molecular flexibility index (Phi) is 5.28. The van der Waals surface area contributed by atoms with Crippen LogP contribution >= 0.6 is 11.6 Å². The van der Waals surface area contributed by atoms with Crippen molar-refractivity contribution in [2.75, 3.05) is 4.72 Å². The lowest BCUT2D eigenvalue weighted by Crippen LogP contribution is -2.22. The quantitative estimate of drug-likeness (QED) is 0.862. The molecular weight excluding hydrogens is 338 g/mol. The molecule has 7 heteroatoms. The first-order valence-corrected chi connectivity index (χ1v) is 8.72. The maximum absolute atomic E-state index is 12.3. The Morgan fingerprint density at radius 1 is 1.17 bits per heavy atom. The Labute approximate surface area is 140 Å². The third kappa shape index (κ3) is 4.71. The van der Waals surface area contributed by atoms with Crippen LogP contribution in [0.2, 0.25) is 5.02 Å². The van der Waals surface area contributed by atoms with Crippen molar-refractivity contribution in [3.05, 3.63) is 58.6 Å². The van der Waals surface area contributed by atoms with Crippen molar-refractivity contribution in [1.82, 2.24) is 0 Å². The Hall–Kier alpha value is -2.05. The molecule has 0 radical (unpaired) electrons. The van der Waals surface area contributed by atoms with Crippen LogP contribution in [0, 0.1) is 6.92 Å². The summed E-state index contributed by atoms with van der Waals surface area (Å²) >= 11 is 6.03. The van der Waals surface area contributed by atoms with Crippen LogP contribution in [0.3, 0.4) is 0 Å². The molecule has 0 fully saturated rings. The zero-order valence-electron chi connectivity index (χ0n) is 12.4. The number of hydrogen-bond acceptors (Lipinski definition) is 4. The average molecular weight is 353 g/mol. The van der Waals surface area contributed by atoms with Crippen LogP contribution in [0.1, 0.15) is 17.5 Å². The molecule has 1 N–H and O–H groups in total. The van der Waals surface area contributed by atoms with E-state index in [1.54, 1.807) is 30.3 Å². The Bertz CT molecular complexity index is 816. The van der Waals surface area contributed by atoms with Crippen LogP contribution < -0.4 is 9.83 Å². The van der Waals surface area contributed by atoms with Crippen LogP contribution in [0.25, 0.3) is 0 Å². The van der Waals surface area contributed by atoms with Gasteiger partial charge in [-0.2, -0.15) is 0 Å². The summed E-state index contributed by atoms with van der Waals surface area (Å²) in [6.45, 7) is 1.86. The number of anilines is 1. The fraction of sp³-hybridized carbons (Fsp3) is 0.188. The summed E-state index contributed by atoms with van der Waals surface area (Å²) in [5, 5.41) is 10.7. The van der Waals surface area contributed by atoms with Crippen LogP contribution in [0.15, 0.2) is 47.4 Å². The van der Waals surface area contributed by atoms with Gasteiger partial charge in [0.25, 0.3) is 10.0 Å². The topological polar surface area (TPSA) is 86.3 Å². The van der Waals surface area contributed by atoms with Crippen molar-refractivity contribution in [1.29, 1.82) is 0 Å². The molecule has 0 aliphatic heterocycles. The van der Waals surface area contributed by atoms with Gasteiger partial charge in [0.1, 0.15) is 0 Å². The van der Waals surface area contributed by atoms with Crippen LogP contribution in [0.4, 0.5) is 5.69 Å². The highest BCUT2D eigenvalue weighted by Gasteiger charge is 2.15. The monoisotopic (exact) mass is 352 g/mol. The number of aliphatic carboxylic acids is 1. The van der Waals surface area contributed by atoms with E-state index >= 15 is 0 Å². The predicted octanol–water partition coefficient (Wildman–Crippen LogP) is 2.13. The molecule has 2 aromatic carbocycles. The van der Waals surface area contributed by atoms with E-state index in [4.69, 9.17) is 11.6 Å². The third-order valence-electron chi connectivity index (χ3n) is 3.22. The average Bonchev–Trinajstić information content (AvgIpc) is 2.48. The molecule has 0 amide bonds. The van der Waals surface area contributed by atoms with Crippen molar-refractivity contribution in [3.8, 4) is 0 Å². The molecule has 23 heavy (non-hydrogen) atoms. The molecule has 0 unspecified atom stereocenters. The van der Waals surface area contributed by atoms with E-state index < -0.39 is 16.0 Å². The van der Waals surface area contributed by atoms with E-state index in [9.17, 15) is 18.3 Å². The van der Waals surface area contributed by atoms with Crippen molar-refractivity contribution in [3.63, 3.8) is 0 Å². The second-order valence-corrected chi connectivity index (χ2v) is 7.19. The summed E-state index contributed by atoms with van der Waals surface area (Å²) in [5.74, 6) is -1.14. The van der Waals surface area contributed by atoms with Crippen LogP contribution in [-0.2, 0) is 21.2 Å². The van der Waals surface area contributed by atoms with E-state index in [1.165, 1.54) is 12.1 Å². The second kappa shape index (κ2) is 7.02. The summed E-state index contributed by atoms with van der Waals surface area (Å²) in [6, 6.07) is 11.0. The number of halogens is 1. The van der Waals surface area contributed by atoms with E-state index in [1.807, 2.05) is 6.92 Å². The maximum Gasteiger partial charge on any atom is 0.261 e. The Morgan fingerprint density at radius 3 is 2.39 bits per heavy atom. The first kappa shape index (κ1) is 17.3. The van der Waals surface area contributed by atoms with E-state index in [2.05, 4.69) is 4.72 Å². The molecule has 0 heterocycles. The van der Waals surface area contributed by atoms with Gasteiger partial charge in [0, 0.05) is 5.97 Å². The summed E-state index contributed by atoms with van der Waals surface area (Å²) in [7, 11) is -3.76. The predicted molar refractivity (Wildman–Crippen MR) is 86.8 cm³/mol. The highest BCUT2D eigenvalue weighted by molar-refractivity contribution is 7.92. The largest absolute Gasteiger partial charge is 0.550 e. The summed E-state index contributed by atoms with van der Waals surface area (Å²) in [5.41, 5.74) is 1.95. The van der Waals surface area contributed by atoms with Gasteiger partial charge in [0.15, 0.2) is 0 Å². The standard InChI is InChI=1S/C16H16ClNO4S/c1-11-2-8-15(14(17)10-11)18-23(21,22)13-6-3-12(4-7-13)5-9-16(19)20/h2-4,6-8,10,18H,5,9H2,1H3,(H,19,20)/p-1. The molecule has 0 bridgehead atoms. The number of aryl methyl sites for hydroxylation is 2. The minimum absolute atomic E-state index is 0.0753. The second-order valence-electron chi connectivity index (χ2n) is 5.10. The first-order valence-electron chi connectivity index (χ1n) is 6.86. The number of carboxylic acid groups (broad SMARTS) is 1. The molecular formula is C16H15ClNO4S-. The Morgan fingerprint density at radius 2 is 1.83 bits per heavy atom. The normalized spacial score (nSPS) is 11.2. The third-order valence-corrected chi connectivity index (χ3v) is 4.91. The SMILES string of the molecule is Cc1ccc(NS(=O)(=O)c2ccc(CCC(=O)[O-])cc2)c(Cl)c1. The molecule has 0 saturated carbocycles. The van der Waals surface area contributed by atoms with Crippen molar-refractivity contribution in [2.45, 2.75) is 24.7 Å². The van der Waals surface area contributed by atoms with Crippen molar-refractivity contribution < 1.29 is 18.3 Å². The summed E-state index contributed by atoms with van der Waals surface area (Å²) < 4.78 is 27.1. The minimum Gasteiger partial charge on any atom is -0.550 e. The molecule has 122 valence electrons. The number of carboxylic acids is 1. The first-order chi connectivity index (χ1) is 10.8. The van der Waals surface area contributed by atoms with Crippen molar-refractivity contribution in [2.24, 2.45) is 0 Å². The molecule has 0 aliphatic rings. The summed E-state index contributed by atoms with van der Waals surface area (Å²) in [4.78, 5) is 10.5. The van der Waals surface area contributed by atoms with E-state index in [0.29, 0.717) is 17.1 Å². The van der Waals surface area contributed by atoms with Crippen LogP contribution in [-0.4, -0.2) is 14.4 Å². The van der Waals surface area contributed by atoms with Gasteiger partial charge in [-0.3, -0.25) is 4.72 Å².